The van der Waals surface area contributed by atoms with E-state index in [9.17, 15) is 18.0 Å². The minimum atomic E-state index is -4.09. The van der Waals surface area contributed by atoms with Gasteiger partial charge in [-0.25, -0.2) is 17.8 Å². The molecule has 0 amide bonds. The number of halogens is 1. The van der Waals surface area contributed by atoms with E-state index in [0.29, 0.717) is 22.7 Å². The second-order valence-electron chi connectivity index (χ2n) is 7.44. The third kappa shape index (κ3) is 3.51. The number of nitrogens with zero attached hydrogens (tertiary/aromatic N) is 2. The molecule has 0 fully saturated rings. The molecule has 0 atom stereocenters. The van der Waals surface area contributed by atoms with Gasteiger partial charge in [0.05, 0.1) is 32.2 Å². The van der Waals surface area contributed by atoms with Crippen LogP contribution in [0.25, 0.3) is 16.6 Å². The minimum Gasteiger partial charge on any atom is -0.454 e. The number of hydrogen-bond acceptors (Lipinski definition) is 6. The third-order valence-electron chi connectivity index (χ3n) is 5.48. The van der Waals surface area contributed by atoms with Crippen LogP contribution in [0.2, 0.25) is 5.02 Å². The maximum absolute atomic E-state index is 13.6. The van der Waals surface area contributed by atoms with Crippen LogP contribution in [0, 0.1) is 0 Å². The summed E-state index contributed by atoms with van der Waals surface area (Å²) in [5, 5.41) is 0.315. The molecule has 0 aliphatic carbocycles. The number of aromatic amines is 1. The highest BCUT2D eigenvalue weighted by atomic mass is 35.5. The Morgan fingerprint density at radius 3 is 2.59 bits per heavy atom. The molecule has 3 aromatic carbocycles. The fourth-order valence-electron chi connectivity index (χ4n) is 3.86. The molecular formula is C23H18ClN3O6S. The molecule has 0 saturated heterocycles. The van der Waals surface area contributed by atoms with Crippen LogP contribution >= 0.6 is 11.6 Å². The van der Waals surface area contributed by atoms with E-state index in [2.05, 4.69) is 4.98 Å². The SMILES string of the molecule is CCN(c1ccc2c(c1)OCO2)S(=O)(=O)c1ccc(Cl)c(-n2c(=O)[nH]c3ccccc3c2=O)c1. The van der Waals surface area contributed by atoms with Crippen molar-refractivity contribution < 1.29 is 17.9 Å². The largest absolute Gasteiger partial charge is 0.454 e. The lowest BCUT2D eigenvalue weighted by molar-refractivity contribution is 0.174. The highest BCUT2D eigenvalue weighted by Crippen LogP contribution is 2.37. The van der Waals surface area contributed by atoms with Crippen molar-refractivity contribution in [2.24, 2.45) is 0 Å². The van der Waals surface area contributed by atoms with Gasteiger partial charge in [-0.3, -0.25) is 9.10 Å². The molecule has 174 valence electrons. The molecule has 0 bridgehead atoms. The van der Waals surface area contributed by atoms with Crippen LogP contribution in [0.4, 0.5) is 5.69 Å². The van der Waals surface area contributed by atoms with E-state index in [4.69, 9.17) is 21.1 Å². The molecule has 0 saturated carbocycles. The van der Waals surface area contributed by atoms with Gasteiger partial charge >= 0.3 is 5.69 Å². The normalized spacial score (nSPS) is 12.8. The first kappa shape index (κ1) is 22.1. The lowest BCUT2D eigenvalue weighted by atomic mass is 10.2. The van der Waals surface area contributed by atoms with Crippen molar-refractivity contribution in [3.05, 3.63) is 86.5 Å². The summed E-state index contributed by atoms with van der Waals surface area (Å²) in [5.74, 6) is 0.970. The van der Waals surface area contributed by atoms with Crippen molar-refractivity contribution in [3.63, 3.8) is 0 Å². The molecule has 1 aliphatic rings. The Hall–Kier alpha value is -3.76. The van der Waals surface area contributed by atoms with Gasteiger partial charge in [-0.2, -0.15) is 0 Å². The van der Waals surface area contributed by atoms with Crippen LogP contribution in [0.5, 0.6) is 11.5 Å². The topological polar surface area (TPSA) is 111 Å². The summed E-state index contributed by atoms with van der Waals surface area (Å²) in [5.41, 5.74) is -0.638. The molecule has 0 radical (unpaired) electrons. The summed E-state index contributed by atoms with van der Waals surface area (Å²) in [6.45, 7) is 1.88. The molecule has 0 spiro atoms. The summed E-state index contributed by atoms with van der Waals surface area (Å²) in [7, 11) is -4.09. The number of aromatic nitrogens is 2. The van der Waals surface area contributed by atoms with Crippen LogP contribution in [0.3, 0.4) is 0 Å². The zero-order valence-corrected chi connectivity index (χ0v) is 19.4. The Labute approximate surface area is 198 Å². The summed E-state index contributed by atoms with van der Waals surface area (Å²) < 4.78 is 39.8. The Morgan fingerprint density at radius 2 is 1.79 bits per heavy atom. The van der Waals surface area contributed by atoms with Crippen molar-refractivity contribution >= 4 is 38.2 Å². The van der Waals surface area contributed by atoms with Crippen molar-refractivity contribution in [1.82, 2.24) is 9.55 Å². The maximum Gasteiger partial charge on any atom is 0.333 e. The van der Waals surface area contributed by atoms with E-state index in [-0.39, 0.29) is 34.3 Å². The number of anilines is 1. The monoisotopic (exact) mass is 499 g/mol. The van der Waals surface area contributed by atoms with E-state index in [1.807, 2.05) is 0 Å². The summed E-state index contributed by atoms with van der Waals surface area (Å²) in [4.78, 5) is 28.3. The third-order valence-corrected chi connectivity index (χ3v) is 7.70. The molecule has 4 aromatic rings. The zero-order chi connectivity index (χ0) is 24.0. The highest BCUT2D eigenvalue weighted by Gasteiger charge is 2.27. The van der Waals surface area contributed by atoms with Crippen LogP contribution in [0.15, 0.2) is 75.1 Å². The summed E-state index contributed by atoms with van der Waals surface area (Å²) >= 11 is 6.32. The second-order valence-corrected chi connectivity index (χ2v) is 9.71. The van der Waals surface area contributed by atoms with Crippen LogP contribution in [-0.2, 0) is 10.0 Å². The first-order valence-corrected chi connectivity index (χ1v) is 12.1. The molecule has 1 aliphatic heterocycles. The molecule has 1 N–H and O–H groups in total. The summed E-state index contributed by atoms with van der Waals surface area (Å²) in [6.07, 6.45) is 0. The molecule has 9 nitrogen and oxygen atoms in total. The van der Waals surface area contributed by atoms with Crippen molar-refractivity contribution in [3.8, 4) is 17.2 Å². The lowest BCUT2D eigenvalue weighted by Crippen LogP contribution is -2.34. The second kappa shape index (κ2) is 8.23. The van der Waals surface area contributed by atoms with Gasteiger partial charge in [0.15, 0.2) is 11.5 Å². The van der Waals surface area contributed by atoms with Gasteiger partial charge in [-0.1, -0.05) is 23.7 Å². The average Bonchev–Trinajstić information content (AvgIpc) is 3.28. The first-order chi connectivity index (χ1) is 16.3. The van der Waals surface area contributed by atoms with E-state index in [0.717, 1.165) is 4.57 Å². The first-order valence-electron chi connectivity index (χ1n) is 10.3. The number of H-pyrrole nitrogens is 1. The highest BCUT2D eigenvalue weighted by molar-refractivity contribution is 7.92. The van der Waals surface area contributed by atoms with Gasteiger partial charge in [0, 0.05) is 12.6 Å². The van der Waals surface area contributed by atoms with Crippen LogP contribution in [-0.4, -0.2) is 31.3 Å². The fraction of sp³-hybridized carbons (Fsp3) is 0.130. The predicted octanol–water partition coefficient (Wildman–Crippen LogP) is 3.28. The number of benzene rings is 3. The van der Waals surface area contributed by atoms with E-state index in [1.54, 1.807) is 49.4 Å². The lowest BCUT2D eigenvalue weighted by Gasteiger charge is -2.23. The maximum atomic E-state index is 13.6. The van der Waals surface area contributed by atoms with Crippen molar-refractivity contribution in [2.45, 2.75) is 11.8 Å². The quantitative estimate of drug-likeness (QED) is 0.451. The molecule has 0 unspecified atom stereocenters. The number of hydrogen-bond donors (Lipinski definition) is 1. The Morgan fingerprint density at radius 1 is 1.03 bits per heavy atom. The average molecular weight is 500 g/mol. The smallest absolute Gasteiger partial charge is 0.333 e. The van der Waals surface area contributed by atoms with Crippen molar-refractivity contribution in [2.75, 3.05) is 17.6 Å². The number of rotatable bonds is 5. The molecular weight excluding hydrogens is 482 g/mol. The van der Waals surface area contributed by atoms with Gasteiger partial charge in [0.25, 0.3) is 15.6 Å². The molecule has 34 heavy (non-hydrogen) atoms. The molecule has 5 rings (SSSR count). The van der Waals surface area contributed by atoms with Gasteiger partial charge in [0.1, 0.15) is 0 Å². The van der Waals surface area contributed by atoms with E-state index in [1.165, 1.54) is 22.5 Å². The fourth-order valence-corrected chi connectivity index (χ4v) is 5.55. The number of fused-ring (bicyclic) bond motifs is 2. The van der Waals surface area contributed by atoms with Gasteiger partial charge in [-0.15, -0.1) is 0 Å². The Bertz CT molecular complexity index is 1660. The number of para-hydroxylation sites is 1. The molecule has 2 heterocycles. The number of nitrogens with one attached hydrogen (secondary N) is 1. The van der Waals surface area contributed by atoms with Crippen molar-refractivity contribution in [1.29, 1.82) is 0 Å². The minimum absolute atomic E-state index is 0.0403. The zero-order valence-electron chi connectivity index (χ0n) is 17.8. The standard InChI is InChI=1S/C23H18ClN3O6S/c1-2-26(14-7-10-20-21(11-14)33-13-32-20)34(30,31)15-8-9-17(24)19(12-15)27-22(28)16-5-3-4-6-18(16)25-23(27)29/h3-12H,2,13H2,1H3,(H,25,29). The number of ether oxygens (including phenoxy) is 2. The summed E-state index contributed by atoms with van der Waals surface area (Å²) in [6, 6.07) is 15.3. The molecule has 11 heteroatoms. The van der Waals surface area contributed by atoms with E-state index >= 15 is 0 Å². The molecule has 1 aromatic heterocycles. The predicted molar refractivity (Wildman–Crippen MR) is 128 cm³/mol. The van der Waals surface area contributed by atoms with Crippen LogP contribution in [0.1, 0.15) is 6.92 Å². The van der Waals surface area contributed by atoms with Crippen LogP contribution < -0.4 is 25.0 Å². The Balaban J connectivity index is 1.65. The van der Waals surface area contributed by atoms with Gasteiger partial charge in [-0.05, 0) is 49.4 Å². The van der Waals surface area contributed by atoms with E-state index < -0.39 is 21.3 Å². The van der Waals surface area contributed by atoms with Gasteiger partial charge < -0.3 is 14.5 Å². The number of sulfonamides is 1. The van der Waals surface area contributed by atoms with Gasteiger partial charge in [0.2, 0.25) is 6.79 Å². The Kier molecular flexibility index (Phi) is 5.34.